The summed E-state index contributed by atoms with van der Waals surface area (Å²) in [6.07, 6.45) is 0.819. The van der Waals surface area contributed by atoms with Gasteiger partial charge in [0.05, 0.1) is 6.61 Å². The molecule has 4 heteroatoms. The molecule has 0 aliphatic carbocycles. The molecule has 1 aromatic rings. The molecular formula is C14H19NO2S. The maximum Gasteiger partial charge on any atom is 0.409 e. The van der Waals surface area contributed by atoms with Crippen LogP contribution in [0, 0.1) is 0 Å². The summed E-state index contributed by atoms with van der Waals surface area (Å²) in [5.74, 6) is 0.971. The standard InChI is InChI=1S/C14H19NO2S/c1-2-17-14(16)15-9-8-13(18-11-10-15)12-6-4-3-5-7-12/h3-7,13H,2,8-11H2,1H3. The molecule has 18 heavy (non-hydrogen) atoms. The number of carbonyl (C=O) groups excluding carboxylic acids is 1. The van der Waals surface area contributed by atoms with Crippen LogP contribution in [0.4, 0.5) is 4.79 Å². The first kappa shape index (κ1) is 13.3. The van der Waals surface area contributed by atoms with Gasteiger partial charge >= 0.3 is 6.09 Å². The van der Waals surface area contributed by atoms with Crippen LogP contribution in [0.25, 0.3) is 0 Å². The van der Waals surface area contributed by atoms with Gasteiger partial charge in [-0.1, -0.05) is 30.3 Å². The zero-order chi connectivity index (χ0) is 12.8. The van der Waals surface area contributed by atoms with Gasteiger partial charge in [-0.2, -0.15) is 11.8 Å². The lowest BCUT2D eigenvalue weighted by atomic mass is 10.1. The Bertz CT molecular complexity index is 383. The summed E-state index contributed by atoms with van der Waals surface area (Å²) in [5, 5.41) is 0.491. The Hall–Kier alpha value is -1.16. The molecule has 98 valence electrons. The number of ether oxygens (including phenoxy) is 1. The Morgan fingerprint density at radius 2 is 2.17 bits per heavy atom. The average Bonchev–Trinajstić information content (AvgIpc) is 2.66. The van der Waals surface area contributed by atoms with E-state index in [1.54, 1.807) is 0 Å². The molecule has 0 aromatic heterocycles. The molecule has 1 aromatic carbocycles. The van der Waals surface area contributed by atoms with Crippen molar-refractivity contribution in [1.82, 2.24) is 4.90 Å². The van der Waals surface area contributed by atoms with E-state index in [0.29, 0.717) is 11.9 Å². The van der Waals surface area contributed by atoms with Crippen molar-refractivity contribution in [3.05, 3.63) is 35.9 Å². The highest BCUT2D eigenvalue weighted by molar-refractivity contribution is 7.99. The SMILES string of the molecule is CCOC(=O)N1CCSC(c2ccccc2)CC1. The van der Waals surface area contributed by atoms with Crippen LogP contribution < -0.4 is 0 Å². The highest BCUT2D eigenvalue weighted by Crippen LogP contribution is 2.34. The maximum absolute atomic E-state index is 11.7. The van der Waals surface area contributed by atoms with Gasteiger partial charge in [0.15, 0.2) is 0 Å². The molecule has 0 spiro atoms. The van der Waals surface area contributed by atoms with Crippen molar-refractivity contribution in [2.75, 3.05) is 25.4 Å². The summed E-state index contributed by atoms with van der Waals surface area (Å²) >= 11 is 1.93. The summed E-state index contributed by atoms with van der Waals surface area (Å²) in [4.78, 5) is 13.5. The zero-order valence-electron chi connectivity index (χ0n) is 10.7. The Kier molecular flexibility index (Phi) is 4.93. The highest BCUT2D eigenvalue weighted by atomic mass is 32.2. The lowest BCUT2D eigenvalue weighted by Gasteiger charge is -2.19. The fourth-order valence-corrected chi connectivity index (χ4v) is 3.33. The van der Waals surface area contributed by atoms with Gasteiger partial charge in [-0.25, -0.2) is 4.79 Å². The number of amides is 1. The van der Waals surface area contributed by atoms with Crippen LogP contribution in [0.3, 0.4) is 0 Å². The van der Waals surface area contributed by atoms with E-state index >= 15 is 0 Å². The molecule has 0 radical (unpaired) electrons. The summed E-state index contributed by atoms with van der Waals surface area (Å²) in [6.45, 7) is 3.86. The van der Waals surface area contributed by atoms with Crippen molar-refractivity contribution in [1.29, 1.82) is 0 Å². The minimum Gasteiger partial charge on any atom is -0.450 e. The fourth-order valence-electron chi connectivity index (χ4n) is 2.10. The third-order valence-corrected chi connectivity index (χ3v) is 4.37. The molecule has 0 bridgehead atoms. The summed E-state index contributed by atoms with van der Waals surface area (Å²) in [6, 6.07) is 10.5. The third-order valence-electron chi connectivity index (χ3n) is 3.04. The monoisotopic (exact) mass is 265 g/mol. The first-order valence-corrected chi connectivity index (χ1v) is 7.44. The first-order chi connectivity index (χ1) is 8.81. The summed E-state index contributed by atoms with van der Waals surface area (Å²) in [5.41, 5.74) is 1.35. The zero-order valence-corrected chi connectivity index (χ0v) is 11.5. The number of benzene rings is 1. The molecule has 0 saturated carbocycles. The van der Waals surface area contributed by atoms with Crippen molar-refractivity contribution in [3.63, 3.8) is 0 Å². The molecule has 1 amide bonds. The van der Waals surface area contributed by atoms with Crippen LogP contribution in [0.15, 0.2) is 30.3 Å². The molecule has 1 atom stereocenters. The van der Waals surface area contributed by atoms with Crippen LogP contribution in [-0.2, 0) is 4.74 Å². The van der Waals surface area contributed by atoms with Gasteiger partial charge in [-0.05, 0) is 18.9 Å². The van der Waals surface area contributed by atoms with E-state index in [9.17, 15) is 4.79 Å². The lowest BCUT2D eigenvalue weighted by molar-refractivity contribution is 0.109. The Morgan fingerprint density at radius 3 is 2.89 bits per heavy atom. The van der Waals surface area contributed by atoms with E-state index in [4.69, 9.17) is 4.74 Å². The van der Waals surface area contributed by atoms with Crippen molar-refractivity contribution < 1.29 is 9.53 Å². The smallest absolute Gasteiger partial charge is 0.409 e. The van der Waals surface area contributed by atoms with Gasteiger partial charge in [-0.3, -0.25) is 0 Å². The highest BCUT2D eigenvalue weighted by Gasteiger charge is 2.22. The fraction of sp³-hybridized carbons (Fsp3) is 0.500. The predicted octanol–water partition coefficient (Wildman–Crippen LogP) is 3.32. The second kappa shape index (κ2) is 6.69. The van der Waals surface area contributed by atoms with Crippen molar-refractivity contribution >= 4 is 17.9 Å². The lowest BCUT2D eigenvalue weighted by Crippen LogP contribution is -2.33. The molecular weight excluding hydrogens is 246 g/mol. The number of rotatable bonds is 2. The molecule has 1 saturated heterocycles. The van der Waals surface area contributed by atoms with E-state index in [-0.39, 0.29) is 6.09 Å². The normalized spacial score (nSPS) is 20.3. The molecule has 1 unspecified atom stereocenters. The van der Waals surface area contributed by atoms with E-state index in [1.165, 1.54) is 5.56 Å². The van der Waals surface area contributed by atoms with Gasteiger partial charge < -0.3 is 9.64 Å². The van der Waals surface area contributed by atoms with Crippen LogP contribution in [0.2, 0.25) is 0 Å². The van der Waals surface area contributed by atoms with Gasteiger partial charge in [-0.15, -0.1) is 0 Å². The second-order valence-electron chi connectivity index (χ2n) is 4.24. The van der Waals surface area contributed by atoms with Gasteiger partial charge in [0, 0.05) is 24.1 Å². The largest absolute Gasteiger partial charge is 0.450 e. The van der Waals surface area contributed by atoms with Crippen LogP contribution >= 0.6 is 11.8 Å². The molecule has 1 heterocycles. The van der Waals surface area contributed by atoms with Gasteiger partial charge in [0.25, 0.3) is 0 Å². The van der Waals surface area contributed by atoms with Crippen molar-refractivity contribution in [2.24, 2.45) is 0 Å². The van der Waals surface area contributed by atoms with Gasteiger partial charge in [0.1, 0.15) is 0 Å². The van der Waals surface area contributed by atoms with E-state index in [1.807, 2.05) is 29.7 Å². The van der Waals surface area contributed by atoms with E-state index in [2.05, 4.69) is 24.3 Å². The van der Waals surface area contributed by atoms with E-state index in [0.717, 1.165) is 25.3 Å². The quantitative estimate of drug-likeness (QED) is 0.821. The number of hydrogen-bond donors (Lipinski definition) is 0. The predicted molar refractivity (Wildman–Crippen MR) is 74.9 cm³/mol. The summed E-state index contributed by atoms with van der Waals surface area (Å²) in [7, 11) is 0. The second-order valence-corrected chi connectivity index (χ2v) is 5.56. The average molecular weight is 265 g/mol. The molecule has 2 rings (SSSR count). The Morgan fingerprint density at radius 1 is 1.39 bits per heavy atom. The Balaban J connectivity index is 1.94. The minimum absolute atomic E-state index is 0.174. The molecule has 1 fully saturated rings. The third kappa shape index (κ3) is 3.42. The van der Waals surface area contributed by atoms with Crippen molar-refractivity contribution in [3.8, 4) is 0 Å². The number of carbonyl (C=O) groups is 1. The first-order valence-electron chi connectivity index (χ1n) is 6.39. The van der Waals surface area contributed by atoms with Crippen molar-refractivity contribution in [2.45, 2.75) is 18.6 Å². The topological polar surface area (TPSA) is 29.5 Å². The minimum atomic E-state index is -0.174. The van der Waals surface area contributed by atoms with Crippen LogP contribution in [0.5, 0.6) is 0 Å². The maximum atomic E-state index is 11.7. The Labute approximate surface area is 113 Å². The molecule has 1 aliphatic heterocycles. The number of hydrogen-bond acceptors (Lipinski definition) is 3. The summed E-state index contributed by atoms with van der Waals surface area (Å²) < 4.78 is 5.06. The van der Waals surface area contributed by atoms with E-state index < -0.39 is 0 Å². The molecule has 1 aliphatic rings. The number of thioether (sulfide) groups is 1. The number of nitrogens with zero attached hydrogens (tertiary/aromatic N) is 1. The van der Waals surface area contributed by atoms with Gasteiger partial charge in [0.2, 0.25) is 0 Å². The van der Waals surface area contributed by atoms with Crippen LogP contribution in [-0.4, -0.2) is 36.4 Å². The molecule has 3 nitrogen and oxygen atoms in total. The van der Waals surface area contributed by atoms with Crippen LogP contribution in [0.1, 0.15) is 24.2 Å². The molecule has 0 N–H and O–H groups in total.